The van der Waals surface area contributed by atoms with Crippen LogP contribution in [-0.2, 0) is 6.42 Å². The Labute approximate surface area is 134 Å². The molecule has 2 aromatic rings. The summed E-state index contributed by atoms with van der Waals surface area (Å²) in [6.07, 6.45) is 4.00. The molecule has 0 aliphatic heterocycles. The summed E-state index contributed by atoms with van der Waals surface area (Å²) in [5.41, 5.74) is 1.62. The van der Waals surface area contributed by atoms with Gasteiger partial charge in [0.15, 0.2) is 0 Å². The second-order valence-corrected chi connectivity index (χ2v) is 6.84. The summed E-state index contributed by atoms with van der Waals surface area (Å²) in [5, 5.41) is 12.1. The van der Waals surface area contributed by atoms with E-state index in [1.165, 1.54) is 6.20 Å². The van der Waals surface area contributed by atoms with Crippen molar-refractivity contribution in [1.29, 1.82) is 0 Å². The molecule has 0 saturated carbocycles. The predicted molar refractivity (Wildman–Crippen MR) is 87.4 cm³/mol. The SMILES string of the molecule is CCCC(Br)Cc1c([N+](=O)[O-])cnc2ccc(Br)cc12. The van der Waals surface area contributed by atoms with Crippen LogP contribution >= 0.6 is 31.9 Å². The average Bonchev–Trinajstić information content (AvgIpc) is 2.39. The van der Waals surface area contributed by atoms with E-state index >= 15 is 0 Å². The summed E-state index contributed by atoms with van der Waals surface area (Å²) in [4.78, 5) is 15.3. The van der Waals surface area contributed by atoms with Crippen molar-refractivity contribution in [3.63, 3.8) is 0 Å². The first-order valence-electron chi connectivity index (χ1n) is 6.38. The van der Waals surface area contributed by atoms with E-state index in [4.69, 9.17) is 0 Å². The number of hydrogen-bond donors (Lipinski definition) is 0. The Kier molecular flexibility index (Phi) is 5.10. The van der Waals surface area contributed by atoms with Gasteiger partial charge in [-0.05, 0) is 31.0 Å². The molecule has 1 aromatic heterocycles. The van der Waals surface area contributed by atoms with Gasteiger partial charge in [0, 0.05) is 20.2 Å². The maximum atomic E-state index is 11.2. The van der Waals surface area contributed by atoms with Gasteiger partial charge in [-0.25, -0.2) is 4.98 Å². The summed E-state index contributed by atoms with van der Waals surface area (Å²) in [5.74, 6) is 0. The highest BCUT2D eigenvalue weighted by Crippen LogP contribution is 2.31. The molecule has 0 saturated heterocycles. The monoisotopic (exact) mass is 400 g/mol. The number of benzene rings is 1. The Balaban J connectivity index is 2.58. The molecule has 0 radical (unpaired) electrons. The van der Waals surface area contributed by atoms with Gasteiger partial charge in [0.1, 0.15) is 6.20 Å². The first kappa shape index (κ1) is 15.4. The van der Waals surface area contributed by atoms with Crippen molar-refractivity contribution in [3.05, 3.63) is 44.5 Å². The number of nitro groups is 1. The van der Waals surface area contributed by atoms with E-state index in [1.54, 1.807) is 0 Å². The Morgan fingerprint density at radius 2 is 2.20 bits per heavy atom. The number of aromatic nitrogens is 1. The second kappa shape index (κ2) is 6.63. The largest absolute Gasteiger partial charge is 0.291 e. The normalized spacial score (nSPS) is 12.6. The quantitative estimate of drug-likeness (QED) is 0.401. The van der Waals surface area contributed by atoms with Crippen LogP contribution in [0.2, 0.25) is 0 Å². The van der Waals surface area contributed by atoms with Crippen LogP contribution in [0, 0.1) is 10.1 Å². The minimum Gasteiger partial charge on any atom is -0.258 e. The molecule has 0 amide bonds. The van der Waals surface area contributed by atoms with Crippen molar-refractivity contribution in [2.45, 2.75) is 31.0 Å². The summed E-state index contributed by atoms with van der Waals surface area (Å²) in [6, 6.07) is 5.66. The number of alkyl halides is 1. The lowest BCUT2D eigenvalue weighted by Gasteiger charge is -2.11. The van der Waals surface area contributed by atoms with Crippen LogP contribution in [0.3, 0.4) is 0 Å². The van der Waals surface area contributed by atoms with Crippen LogP contribution in [-0.4, -0.2) is 14.7 Å². The number of halogens is 2. The van der Waals surface area contributed by atoms with E-state index in [-0.39, 0.29) is 15.4 Å². The molecule has 20 heavy (non-hydrogen) atoms. The summed E-state index contributed by atoms with van der Waals surface area (Å²) < 4.78 is 0.898. The lowest BCUT2D eigenvalue weighted by atomic mass is 10.0. The summed E-state index contributed by atoms with van der Waals surface area (Å²) in [7, 11) is 0. The summed E-state index contributed by atoms with van der Waals surface area (Å²) >= 11 is 7.02. The molecule has 0 bridgehead atoms. The molecule has 1 heterocycles. The van der Waals surface area contributed by atoms with Gasteiger partial charge in [0.05, 0.1) is 10.4 Å². The zero-order valence-corrected chi connectivity index (χ0v) is 14.1. The average molecular weight is 402 g/mol. The van der Waals surface area contributed by atoms with Gasteiger partial charge in [-0.15, -0.1) is 0 Å². The van der Waals surface area contributed by atoms with Gasteiger partial charge in [-0.1, -0.05) is 45.2 Å². The van der Waals surface area contributed by atoms with E-state index < -0.39 is 0 Å². The smallest absolute Gasteiger partial charge is 0.258 e. The van der Waals surface area contributed by atoms with Gasteiger partial charge < -0.3 is 0 Å². The molecule has 6 heteroatoms. The number of fused-ring (bicyclic) bond motifs is 1. The first-order valence-corrected chi connectivity index (χ1v) is 8.09. The Bertz CT molecular complexity index is 646. The molecule has 4 nitrogen and oxygen atoms in total. The maximum absolute atomic E-state index is 11.2. The predicted octanol–water partition coefficient (Wildman–Crippen LogP) is 5.01. The number of nitrogens with zero attached hydrogens (tertiary/aromatic N) is 2. The van der Waals surface area contributed by atoms with Gasteiger partial charge >= 0.3 is 0 Å². The van der Waals surface area contributed by atoms with Gasteiger partial charge in [0.2, 0.25) is 0 Å². The molecule has 1 aromatic carbocycles. The van der Waals surface area contributed by atoms with Crippen molar-refractivity contribution in [1.82, 2.24) is 4.98 Å². The zero-order valence-electron chi connectivity index (χ0n) is 11.0. The standard InChI is InChI=1S/C14H14Br2N2O2/c1-2-3-9(15)7-12-11-6-10(16)4-5-13(11)17-8-14(12)18(19)20/h4-6,8-9H,2-3,7H2,1H3. The Morgan fingerprint density at radius 1 is 1.45 bits per heavy atom. The molecule has 0 N–H and O–H groups in total. The minimum atomic E-state index is -0.353. The molecule has 0 spiro atoms. The van der Waals surface area contributed by atoms with Crippen molar-refractivity contribution < 1.29 is 4.92 Å². The van der Waals surface area contributed by atoms with Crippen molar-refractivity contribution in [2.24, 2.45) is 0 Å². The molecule has 106 valence electrons. The molecular weight excluding hydrogens is 388 g/mol. The van der Waals surface area contributed by atoms with E-state index in [2.05, 4.69) is 43.8 Å². The third-order valence-electron chi connectivity index (χ3n) is 3.14. The fraction of sp³-hybridized carbons (Fsp3) is 0.357. The zero-order chi connectivity index (χ0) is 14.7. The lowest BCUT2D eigenvalue weighted by molar-refractivity contribution is -0.385. The van der Waals surface area contributed by atoms with Crippen LogP contribution in [0.15, 0.2) is 28.9 Å². The number of pyridine rings is 1. The topological polar surface area (TPSA) is 56.0 Å². The molecule has 1 atom stereocenters. The molecule has 1 unspecified atom stereocenters. The highest BCUT2D eigenvalue weighted by Gasteiger charge is 2.20. The van der Waals surface area contributed by atoms with Crippen LogP contribution in [0.1, 0.15) is 25.3 Å². The molecule has 0 aliphatic carbocycles. The van der Waals surface area contributed by atoms with Gasteiger partial charge in [-0.2, -0.15) is 0 Å². The molecule has 0 fully saturated rings. The van der Waals surface area contributed by atoms with Crippen molar-refractivity contribution in [3.8, 4) is 0 Å². The van der Waals surface area contributed by atoms with Crippen LogP contribution in [0.5, 0.6) is 0 Å². The Hall–Kier alpha value is -1.01. The number of rotatable bonds is 5. The summed E-state index contributed by atoms with van der Waals surface area (Å²) in [6.45, 7) is 2.10. The van der Waals surface area contributed by atoms with E-state index in [0.29, 0.717) is 6.42 Å². The molecule has 0 aliphatic rings. The van der Waals surface area contributed by atoms with Gasteiger partial charge in [-0.3, -0.25) is 10.1 Å². The van der Waals surface area contributed by atoms with Crippen LogP contribution in [0.25, 0.3) is 10.9 Å². The van der Waals surface area contributed by atoms with E-state index in [9.17, 15) is 10.1 Å². The third kappa shape index (κ3) is 3.35. The van der Waals surface area contributed by atoms with E-state index in [1.807, 2.05) is 18.2 Å². The van der Waals surface area contributed by atoms with Gasteiger partial charge in [0.25, 0.3) is 5.69 Å². The second-order valence-electron chi connectivity index (χ2n) is 4.63. The first-order chi connectivity index (χ1) is 9.52. The molecule has 2 rings (SSSR count). The lowest BCUT2D eigenvalue weighted by Crippen LogP contribution is -2.06. The minimum absolute atomic E-state index is 0.0937. The fourth-order valence-corrected chi connectivity index (χ4v) is 3.36. The van der Waals surface area contributed by atoms with E-state index in [0.717, 1.165) is 33.8 Å². The van der Waals surface area contributed by atoms with Crippen LogP contribution in [0.4, 0.5) is 5.69 Å². The van der Waals surface area contributed by atoms with Crippen LogP contribution < -0.4 is 0 Å². The highest BCUT2D eigenvalue weighted by atomic mass is 79.9. The Morgan fingerprint density at radius 3 is 2.85 bits per heavy atom. The highest BCUT2D eigenvalue weighted by molar-refractivity contribution is 9.10. The van der Waals surface area contributed by atoms with Crippen molar-refractivity contribution in [2.75, 3.05) is 0 Å². The number of hydrogen-bond acceptors (Lipinski definition) is 3. The fourth-order valence-electron chi connectivity index (χ4n) is 2.22. The maximum Gasteiger partial charge on any atom is 0.291 e. The van der Waals surface area contributed by atoms with Crippen molar-refractivity contribution >= 4 is 48.5 Å². The molecular formula is C14H14Br2N2O2. The third-order valence-corrected chi connectivity index (χ3v) is 4.42.